The highest BCUT2D eigenvalue weighted by Crippen LogP contribution is 2.23. The predicted octanol–water partition coefficient (Wildman–Crippen LogP) is 3.68. The van der Waals surface area contributed by atoms with E-state index in [1.54, 1.807) is 6.20 Å². The Kier molecular flexibility index (Phi) is 4.46. The van der Waals surface area contributed by atoms with E-state index in [0.29, 0.717) is 0 Å². The Bertz CT molecular complexity index is 674. The standard InChI is InChI=1S/C17H19N3O/c1(4-11-20-12-10-18-14-20)5-13-21-17-8-9-19-16-7-3-2-6-15(16)17/h2-3,6-10,12,14H,1,4-5,11,13H2. The number of hydrogen-bond donors (Lipinski definition) is 0. The van der Waals surface area contributed by atoms with Crippen molar-refractivity contribution in [2.75, 3.05) is 6.61 Å². The maximum absolute atomic E-state index is 5.90. The number of benzene rings is 1. The molecule has 3 aromatic rings. The summed E-state index contributed by atoms with van der Waals surface area (Å²) in [6, 6.07) is 10.0. The molecule has 4 heteroatoms. The number of para-hydroxylation sites is 1. The first-order chi connectivity index (χ1) is 10.4. The van der Waals surface area contributed by atoms with Crippen LogP contribution in [-0.2, 0) is 6.54 Å². The molecule has 0 bridgehead atoms. The third kappa shape index (κ3) is 3.60. The van der Waals surface area contributed by atoms with Crippen LogP contribution in [0, 0.1) is 0 Å². The fraction of sp³-hybridized carbons (Fsp3) is 0.294. The van der Waals surface area contributed by atoms with E-state index in [1.165, 1.54) is 0 Å². The van der Waals surface area contributed by atoms with Crippen molar-refractivity contribution in [2.24, 2.45) is 0 Å². The molecule has 108 valence electrons. The van der Waals surface area contributed by atoms with Gasteiger partial charge in [0.25, 0.3) is 0 Å². The van der Waals surface area contributed by atoms with Crippen LogP contribution in [0.2, 0.25) is 0 Å². The quantitative estimate of drug-likeness (QED) is 0.620. The second-order valence-corrected chi connectivity index (χ2v) is 5.04. The minimum atomic E-state index is 0.748. The van der Waals surface area contributed by atoms with Crippen molar-refractivity contribution in [2.45, 2.75) is 25.8 Å². The fourth-order valence-electron chi connectivity index (χ4n) is 2.37. The van der Waals surface area contributed by atoms with Gasteiger partial charge in [0, 0.05) is 30.5 Å². The molecule has 0 aliphatic carbocycles. The summed E-state index contributed by atoms with van der Waals surface area (Å²) < 4.78 is 8.01. The molecule has 0 saturated carbocycles. The largest absolute Gasteiger partial charge is 0.493 e. The molecule has 0 amide bonds. The highest BCUT2D eigenvalue weighted by Gasteiger charge is 2.01. The van der Waals surface area contributed by atoms with Crippen molar-refractivity contribution >= 4 is 10.9 Å². The van der Waals surface area contributed by atoms with Crippen LogP contribution in [0.3, 0.4) is 0 Å². The summed E-state index contributed by atoms with van der Waals surface area (Å²) in [6.07, 6.45) is 10.8. The minimum Gasteiger partial charge on any atom is -0.493 e. The van der Waals surface area contributed by atoms with Gasteiger partial charge < -0.3 is 9.30 Å². The molecule has 4 nitrogen and oxygen atoms in total. The van der Waals surface area contributed by atoms with Crippen molar-refractivity contribution in [1.29, 1.82) is 0 Å². The summed E-state index contributed by atoms with van der Waals surface area (Å²) in [7, 11) is 0. The summed E-state index contributed by atoms with van der Waals surface area (Å²) in [5, 5.41) is 1.08. The molecular formula is C17H19N3O. The molecule has 0 atom stereocenters. The normalized spacial score (nSPS) is 10.9. The van der Waals surface area contributed by atoms with Crippen LogP contribution in [-0.4, -0.2) is 21.1 Å². The average molecular weight is 281 g/mol. The Morgan fingerprint density at radius 1 is 1.00 bits per heavy atom. The number of imidazole rings is 1. The van der Waals surface area contributed by atoms with E-state index in [2.05, 4.69) is 20.6 Å². The summed E-state index contributed by atoms with van der Waals surface area (Å²) >= 11 is 0. The molecule has 1 aromatic carbocycles. The van der Waals surface area contributed by atoms with Gasteiger partial charge in [0.05, 0.1) is 18.5 Å². The Balaban J connectivity index is 1.44. The third-order valence-corrected chi connectivity index (χ3v) is 3.49. The zero-order chi connectivity index (χ0) is 14.3. The van der Waals surface area contributed by atoms with E-state index in [0.717, 1.165) is 49.1 Å². The average Bonchev–Trinajstić information content (AvgIpc) is 3.04. The number of nitrogens with zero attached hydrogens (tertiary/aromatic N) is 3. The monoisotopic (exact) mass is 281 g/mol. The van der Waals surface area contributed by atoms with E-state index in [-0.39, 0.29) is 0 Å². The van der Waals surface area contributed by atoms with Crippen molar-refractivity contribution in [1.82, 2.24) is 14.5 Å². The van der Waals surface area contributed by atoms with Gasteiger partial charge in [-0.05, 0) is 37.5 Å². The lowest BCUT2D eigenvalue weighted by molar-refractivity contribution is 0.307. The lowest BCUT2D eigenvalue weighted by atomic mass is 10.2. The Morgan fingerprint density at radius 2 is 1.95 bits per heavy atom. The molecule has 2 aromatic heterocycles. The first-order valence-electron chi connectivity index (χ1n) is 7.36. The first-order valence-corrected chi connectivity index (χ1v) is 7.36. The van der Waals surface area contributed by atoms with E-state index in [1.807, 2.05) is 43.0 Å². The Hall–Kier alpha value is -2.36. The van der Waals surface area contributed by atoms with Gasteiger partial charge in [-0.15, -0.1) is 0 Å². The van der Waals surface area contributed by atoms with Crippen LogP contribution < -0.4 is 4.74 Å². The Labute approximate surface area is 124 Å². The van der Waals surface area contributed by atoms with Crippen molar-refractivity contribution in [3.8, 4) is 5.75 Å². The van der Waals surface area contributed by atoms with Gasteiger partial charge in [-0.2, -0.15) is 0 Å². The van der Waals surface area contributed by atoms with Gasteiger partial charge >= 0.3 is 0 Å². The lowest BCUT2D eigenvalue weighted by Gasteiger charge is -2.08. The summed E-state index contributed by atoms with van der Waals surface area (Å²) in [4.78, 5) is 8.38. The number of ether oxygens (including phenoxy) is 1. The molecule has 2 heterocycles. The molecule has 0 unspecified atom stereocenters. The summed E-state index contributed by atoms with van der Waals surface area (Å²) in [6.45, 7) is 1.77. The zero-order valence-electron chi connectivity index (χ0n) is 12.0. The molecule has 0 aliphatic rings. The number of rotatable bonds is 7. The zero-order valence-corrected chi connectivity index (χ0v) is 12.0. The summed E-state index contributed by atoms with van der Waals surface area (Å²) in [5.74, 6) is 0.926. The second kappa shape index (κ2) is 6.88. The van der Waals surface area contributed by atoms with Gasteiger partial charge in [-0.25, -0.2) is 4.98 Å². The molecule has 21 heavy (non-hydrogen) atoms. The van der Waals surface area contributed by atoms with Crippen molar-refractivity contribution in [3.05, 3.63) is 55.2 Å². The number of hydrogen-bond acceptors (Lipinski definition) is 3. The molecule has 0 fully saturated rings. The molecule has 3 rings (SSSR count). The Morgan fingerprint density at radius 3 is 2.86 bits per heavy atom. The molecule has 0 aliphatic heterocycles. The maximum atomic E-state index is 5.90. The van der Waals surface area contributed by atoms with Crippen LogP contribution in [0.15, 0.2) is 55.2 Å². The molecule has 0 N–H and O–H groups in total. The molecule has 0 spiro atoms. The number of aryl methyl sites for hydroxylation is 1. The molecule has 0 radical (unpaired) electrons. The predicted molar refractivity (Wildman–Crippen MR) is 83.3 cm³/mol. The van der Waals surface area contributed by atoms with Crippen LogP contribution in [0.5, 0.6) is 5.75 Å². The highest BCUT2D eigenvalue weighted by molar-refractivity contribution is 5.84. The van der Waals surface area contributed by atoms with Gasteiger partial charge in [0.2, 0.25) is 0 Å². The van der Waals surface area contributed by atoms with E-state index in [9.17, 15) is 0 Å². The second-order valence-electron chi connectivity index (χ2n) is 5.04. The van der Waals surface area contributed by atoms with E-state index < -0.39 is 0 Å². The smallest absolute Gasteiger partial charge is 0.130 e. The van der Waals surface area contributed by atoms with Gasteiger partial charge in [-0.1, -0.05) is 12.1 Å². The topological polar surface area (TPSA) is 39.9 Å². The van der Waals surface area contributed by atoms with Crippen LogP contribution in [0.1, 0.15) is 19.3 Å². The van der Waals surface area contributed by atoms with Crippen LogP contribution in [0.4, 0.5) is 0 Å². The molecule has 0 saturated heterocycles. The van der Waals surface area contributed by atoms with Crippen LogP contribution in [0.25, 0.3) is 10.9 Å². The number of aromatic nitrogens is 3. The van der Waals surface area contributed by atoms with E-state index in [4.69, 9.17) is 4.74 Å². The minimum absolute atomic E-state index is 0.748. The van der Waals surface area contributed by atoms with Crippen molar-refractivity contribution in [3.63, 3.8) is 0 Å². The first kappa shape index (κ1) is 13.6. The molecular weight excluding hydrogens is 262 g/mol. The summed E-state index contributed by atoms with van der Waals surface area (Å²) in [5.41, 5.74) is 0.982. The van der Waals surface area contributed by atoms with Gasteiger partial charge in [0.1, 0.15) is 5.75 Å². The van der Waals surface area contributed by atoms with Crippen molar-refractivity contribution < 1.29 is 4.74 Å². The number of unbranched alkanes of at least 4 members (excludes halogenated alkanes) is 2. The number of fused-ring (bicyclic) bond motifs is 1. The lowest BCUT2D eigenvalue weighted by Crippen LogP contribution is -2.00. The maximum Gasteiger partial charge on any atom is 0.130 e. The number of pyridine rings is 1. The van der Waals surface area contributed by atoms with Gasteiger partial charge in [0.15, 0.2) is 0 Å². The third-order valence-electron chi connectivity index (χ3n) is 3.49. The van der Waals surface area contributed by atoms with Crippen LogP contribution >= 0.6 is 0 Å². The SMILES string of the molecule is c1ccc2c(OCCCCCn3ccnc3)ccnc2c1. The van der Waals surface area contributed by atoms with E-state index >= 15 is 0 Å². The highest BCUT2D eigenvalue weighted by atomic mass is 16.5. The fourth-order valence-corrected chi connectivity index (χ4v) is 2.37. The van der Waals surface area contributed by atoms with Gasteiger partial charge in [-0.3, -0.25) is 4.98 Å².